The zero-order chi connectivity index (χ0) is 13.7. The second kappa shape index (κ2) is 6.04. The number of carbonyl (C=O) groups is 3. The molecule has 0 aromatic carbocycles. The topological polar surface area (TPSA) is 81.2 Å². The van der Waals surface area contributed by atoms with Gasteiger partial charge in [0.25, 0.3) is 0 Å². The van der Waals surface area contributed by atoms with E-state index < -0.39 is 18.5 Å². The monoisotopic (exact) mass is 255 g/mol. The largest absolute Gasteiger partial charge is 0.480 e. The maximum absolute atomic E-state index is 12.0. The first kappa shape index (κ1) is 14.0. The first-order chi connectivity index (χ1) is 8.45. The van der Waals surface area contributed by atoms with E-state index in [9.17, 15) is 14.4 Å². The minimum atomic E-state index is -1.09. The summed E-state index contributed by atoms with van der Waals surface area (Å²) in [6.07, 6.45) is 1.46. The molecular formula is C11H17N3O4. The van der Waals surface area contributed by atoms with Gasteiger partial charge >= 0.3 is 12.0 Å². The summed E-state index contributed by atoms with van der Waals surface area (Å²) in [5.74, 6) is -1.24. The molecule has 0 bridgehead atoms. The molecule has 1 rings (SSSR count). The molecular weight excluding hydrogens is 238 g/mol. The van der Waals surface area contributed by atoms with E-state index in [4.69, 9.17) is 5.11 Å². The van der Waals surface area contributed by atoms with Crippen LogP contribution in [0.3, 0.4) is 0 Å². The number of hydrogen-bond acceptors (Lipinski definition) is 3. The number of nitrogens with zero attached hydrogens (tertiary/aromatic N) is 3. The minimum Gasteiger partial charge on any atom is -0.480 e. The van der Waals surface area contributed by atoms with Gasteiger partial charge in [0, 0.05) is 26.7 Å². The molecule has 0 radical (unpaired) electrons. The first-order valence-corrected chi connectivity index (χ1v) is 5.56. The van der Waals surface area contributed by atoms with Crippen LogP contribution >= 0.6 is 0 Å². The number of carboxylic acids is 1. The van der Waals surface area contributed by atoms with Crippen LogP contribution in [0, 0.1) is 0 Å². The Bertz CT molecular complexity index is 369. The van der Waals surface area contributed by atoms with Gasteiger partial charge in [-0.05, 0) is 0 Å². The smallest absolute Gasteiger partial charge is 0.323 e. The molecule has 1 aliphatic rings. The molecule has 0 saturated carbocycles. The molecule has 1 heterocycles. The third-order valence-electron chi connectivity index (χ3n) is 2.67. The number of urea groups is 1. The number of carbonyl (C=O) groups excluding carboxylic acids is 2. The van der Waals surface area contributed by atoms with Crippen LogP contribution < -0.4 is 0 Å². The Labute approximate surface area is 105 Å². The normalized spacial score (nSPS) is 15.5. The van der Waals surface area contributed by atoms with Crippen LogP contribution in [0.25, 0.3) is 0 Å². The highest BCUT2D eigenvalue weighted by Gasteiger charge is 2.28. The highest BCUT2D eigenvalue weighted by Crippen LogP contribution is 2.05. The number of likely N-dealkylation sites (N-methyl/N-ethyl adjacent to an activating group) is 1. The van der Waals surface area contributed by atoms with Crippen molar-refractivity contribution in [2.45, 2.75) is 0 Å². The Morgan fingerprint density at radius 2 is 2.17 bits per heavy atom. The van der Waals surface area contributed by atoms with Gasteiger partial charge in [0.05, 0.1) is 0 Å². The molecule has 0 unspecified atom stereocenters. The highest BCUT2D eigenvalue weighted by atomic mass is 16.4. The van der Waals surface area contributed by atoms with E-state index in [1.54, 1.807) is 11.9 Å². The summed E-state index contributed by atoms with van der Waals surface area (Å²) in [5, 5.41) is 8.73. The number of hydrogen-bond donors (Lipinski definition) is 1. The lowest BCUT2D eigenvalue weighted by atomic mass is 10.3. The molecule has 0 aliphatic carbocycles. The van der Waals surface area contributed by atoms with Crippen molar-refractivity contribution in [3.63, 3.8) is 0 Å². The van der Waals surface area contributed by atoms with E-state index in [0.717, 1.165) is 4.90 Å². The fourth-order valence-electron chi connectivity index (χ4n) is 1.65. The van der Waals surface area contributed by atoms with Crippen molar-refractivity contribution in [2.75, 3.05) is 39.8 Å². The summed E-state index contributed by atoms with van der Waals surface area (Å²) in [4.78, 5) is 38.2. The summed E-state index contributed by atoms with van der Waals surface area (Å²) in [6, 6.07) is -0.446. The number of rotatable bonds is 4. The van der Waals surface area contributed by atoms with Gasteiger partial charge in [-0.15, -0.1) is 6.58 Å². The Balaban J connectivity index is 2.67. The number of carboxylic acid groups (broad SMARTS) is 1. The van der Waals surface area contributed by atoms with Crippen molar-refractivity contribution in [3.05, 3.63) is 12.7 Å². The van der Waals surface area contributed by atoms with Crippen LogP contribution in [0.15, 0.2) is 12.7 Å². The molecule has 18 heavy (non-hydrogen) atoms. The molecule has 1 N–H and O–H groups in total. The first-order valence-electron chi connectivity index (χ1n) is 5.56. The molecule has 1 aliphatic heterocycles. The van der Waals surface area contributed by atoms with Crippen LogP contribution in [-0.2, 0) is 9.59 Å². The summed E-state index contributed by atoms with van der Waals surface area (Å²) in [7, 11) is 1.67. The number of piperazine rings is 1. The van der Waals surface area contributed by atoms with Gasteiger partial charge in [-0.25, -0.2) is 4.79 Å². The second-order valence-corrected chi connectivity index (χ2v) is 4.08. The molecule has 0 aromatic heterocycles. The van der Waals surface area contributed by atoms with Crippen molar-refractivity contribution >= 4 is 17.9 Å². The average molecular weight is 255 g/mol. The third-order valence-corrected chi connectivity index (χ3v) is 2.67. The van der Waals surface area contributed by atoms with Crippen molar-refractivity contribution in [2.24, 2.45) is 0 Å². The van der Waals surface area contributed by atoms with Gasteiger partial charge in [-0.2, -0.15) is 0 Å². The quantitative estimate of drug-likeness (QED) is 0.684. The Morgan fingerprint density at radius 3 is 2.67 bits per heavy atom. The number of aliphatic carboxylic acids is 1. The maximum Gasteiger partial charge on any atom is 0.323 e. The van der Waals surface area contributed by atoms with Gasteiger partial charge in [-0.3, -0.25) is 9.59 Å². The van der Waals surface area contributed by atoms with Crippen molar-refractivity contribution in [1.82, 2.24) is 14.7 Å². The molecule has 100 valence electrons. The van der Waals surface area contributed by atoms with Crippen LogP contribution in [0.4, 0.5) is 4.79 Å². The Kier molecular flexibility index (Phi) is 4.70. The van der Waals surface area contributed by atoms with E-state index in [-0.39, 0.29) is 19.0 Å². The summed E-state index contributed by atoms with van der Waals surface area (Å²) in [6.45, 7) is 4.09. The van der Waals surface area contributed by atoms with Gasteiger partial charge in [0.15, 0.2) is 0 Å². The van der Waals surface area contributed by atoms with Gasteiger partial charge < -0.3 is 19.8 Å². The van der Waals surface area contributed by atoms with Crippen molar-refractivity contribution < 1.29 is 19.5 Å². The molecule has 0 aromatic rings. The van der Waals surface area contributed by atoms with Crippen LogP contribution in [-0.4, -0.2) is 77.5 Å². The molecule has 0 atom stereocenters. The lowest BCUT2D eigenvalue weighted by Crippen LogP contribution is -2.55. The van der Waals surface area contributed by atoms with E-state index in [1.807, 2.05) is 0 Å². The van der Waals surface area contributed by atoms with Gasteiger partial charge in [-0.1, -0.05) is 6.08 Å². The maximum atomic E-state index is 12.0. The summed E-state index contributed by atoms with van der Waals surface area (Å²) < 4.78 is 0. The summed E-state index contributed by atoms with van der Waals surface area (Å²) >= 11 is 0. The highest BCUT2D eigenvalue weighted by molar-refractivity contribution is 5.86. The molecule has 7 nitrogen and oxygen atoms in total. The van der Waals surface area contributed by atoms with E-state index in [1.165, 1.54) is 11.0 Å². The van der Waals surface area contributed by atoms with Crippen LogP contribution in [0.1, 0.15) is 0 Å². The van der Waals surface area contributed by atoms with Gasteiger partial charge in [0.2, 0.25) is 5.91 Å². The van der Waals surface area contributed by atoms with Gasteiger partial charge in [0.1, 0.15) is 13.1 Å². The average Bonchev–Trinajstić information content (AvgIpc) is 2.31. The molecule has 0 spiro atoms. The van der Waals surface area contributed by atoms with Crippen molar-refractivity contribution in [1.29, 1.82) is 0 Å². The standard InChI is InChI=1S/C11H17N3O4/c1-3-4-13(8-10(16)17)11(18)14-6-5-12(2)9(15)7-14/h3H,1,4-8H2,2H3,(H,16,17). The number of amides is 3. The van der Waals surface area contributed by atoms with Crippen LogP contribution in [0.2, 0.25) is 0 Å². The third kappa shape index (κ3) is 3.47. The predicted octanol–water partition coefficient (Wildman–Crippen LogP) is -0.547. The lowest BCUT2D eigenvalue weighted by Gasteiger charge is -2.34. The van der Waals surface area contributed by atoms with E-state index >= 15 is 0 Å². The van der Waals surface area contributed by atoms with E-state index in [2.05, 4.69) is 6.58 Å². The fraction of sp³-hybridized carbons (Fsp3) is 0.545. The predicted molar refractivity (Wildman–Crippen MR) is 64.0 cm³/mol. The lowest BCUT2D eigenvalue weighted by molar-refractivity contribution is -0.137. The van der Waals surface area contributed by atoms with Crippen molar-refractivity contribution in [3.8, 4) is 0 Å². The fourth-order valence-corrected chi connectivity index (χ4v) is 1.65. The molecule has 7 heteroatoms. The van der Waals surface area contributed by atoms with Crippen LogP contribution in [0.5, 0.6) is 0 Å². The molecule has 1 saturated heterocycles. The van der Waals surface area contributed by atoms with E-state index in [0.29, 0.717) is 13.1 Å². The molecule has 3 amide bonds. The Hall–Kier alpha value is -2.05. The SMILES string of the molecule is C=CCN(CC(=O)O)C(=O)N1CCN(C)C(=O)C1. The Morgan fingerprint density at radius 1 is 1.50 bits per heavy atom. The minimum absolute atomic E-state index is 0.0113. The summed E-state index contributed by atoms with van der Waals surface area (Å²) in [5.41, 5.74) is 0. The second-order valence-electron chi connectivity index (χ2n) is 4.08. The zero-order valence-corrected chi connectivity index (χ0v) is 10.3. The zero-order valence-electron chi connectivity index (χ0n) is 10.3. The molecule has 1 fully saturated rings.